The fourth-order valence-electron chi connectivity index (χ4n) is 1.74. The van der Waals surface area contributed by atoms with Gasteiger partial charge in [-0.3, -0.25) is 4.79 Å². The lowest BCUT2D eigenvalue weighted by atomic mass is 10.1. The molecule has 2 rings (SSSR count). The van der Waals surface area contributed by atoms with Gasteiger partial charge in [0.1, 0.15) is 5.75 Å². The van der Waals surface area contributed by atoms with Crippen LogP contribution in [-0.4, -0.2) is 11.0 Å². The molecule has 0 radical (unpaired) electrons. The smallest absolute Gasteiger partial charge is 0.257 e. The molecule has 0 bridgehead atoms. The Kier molecular flexibility index (Phi) is 3.76. The van der Waals surface area contributed by atoms with Gasteiger partial charge in [-0.15, -0.1) is 0 Å². The van der Waals surface area contributed by atoms with Gasteiger partial charge in [-0.25, -0.2) is 0 Å². The predicted molar refractivity (Wildman–Crippen MR) is 77.0 cm³/mol. The van der Waals surface area contributed by atoms with Crippen LogP contribution in [0.5, 0.6) is 5.75 Å². The number of rotatable bonds is 2. The van der Waals surface area contributed by atoms with E-state index < -0.39 is 0 Å². The second-order valence-corrected chi connectivity index (χ2v) is 4.87. The average Bonchev–Trinajstić information content (AvgIpc) is 2.32. The standard InChI is InChI=1S/C15H14ClNO2/c1-9-3-5-11(12(16)7-9)15(19)17-13-6-4-10(2)8-14(13)18/h3-8,18H,1-2H3,(H,17,19). The summed E-state index contributed by atoms with van der Waals surface area (Å²) >= 11 is 6.03. The van der Waals surface area contributed by atoms with Gasteiger partial charge in [0.25, 0.3) is 5.91 Å². The number of hydrogen-bond donors (Lipinski definition) is 2. The normalized spacial score (nSPS) is 10.3. The van der Waals surface area contributed by atoms with Crippen LogP contribution in [0.15, 0.2) is 36.4 Å². The molecule has 2 N–H and O–H groups in total. The van der Waals surface area contributed by atoms with E-state index in [0.29, 0.717) is 16.3 Å². The summed E-state index contributed by atoms with van der Waals surface area (Å²) in [6.45, 7) is 3.77. The zero-order valence-corrected chi connectivity index (χ0v) is 11.5. The lowest BCUT2D eigenvalue weighted by Gasteiger charge is -2.09. The minimum atomic E-state index is -0.343. The first kappa shape index (κ1) is 13.4. The average molecular weight is 276 g/mol. The number of benzene rings is 2. The molecule has 1 amide bonds. The number of amides is 1. The molecule has 4 heteroatoms. The van der Waals surface area contributed by atoms with Crippen molar-refractivity contribution in [2.75, 3.05) is 5.32 Å². The van der Waals surface area contributed by atoms with Crippen molar-refractivity contribution in [2.45, 2.75) is 13.8 Å². The molecule has 19 heavy (non-hydrogen) atoms. The Bertz CT molecular complexity index is 638. The first-order chi connectivity index (χ1) is 8.97. The Balaban J connectivity index is 2.25. The van der Waals surface area contributed by atoms with E-state index in [1.54, 1.807) is 24.3 Å². The summed E-state index contributed by atoms with van der Waals surface area (Å²) in [6, 6.07) is 10.3. The molecular formula is C15H14ClNO2. The second kappa shape index (κ2) is 5.33. The second-order valence-electron chi connectivity index (χ2n) is 4.46. The predicted octanol–water partition coefficient (Wildman–Crippen LogP) is 3.91. The quantitative estimate of drug-likeness (QED) is 0.816. The van der Waals surface area contributed by atoms with Crippen molar-refractivity contribution in [2.24, 2.45) is 0 Å². The third-order valence-electron chi connectivity index (χ3n) is 2.77. The van der Waals surface area contributed by atoms with Crippen LogP contribution in [-0.2, 0) is 0 Å². The number of nitrogens with one attached hydrogen (secondary N) is 1. The first-order valence-corrected chi connectivity index (χ1v) is 6.22. The highest BCUT2D eigenvalue weighted by molar-refractivity contribution is 6.34. The fraction of sp³-hybridized carbons (Fsp3) is 0.133. The van der Waals surface area contributed by atoms with Gasteiger partial charge >= 0.3 is 0 Å². The number of anilines is 1. The summed E-state index contributed by atoms with van der Waals surface area (Å²) < 4.78 is 0. The molecule has 2 aromatic carbocycles. The molecule has 2 aromatic rings. The van der Waals surface area contributed by atoms with Crippen molar-refractivity contribution in [1.29, 1.82) is 0 Å². The Morgan fingerprint density at radius 2 is 1.74 bits per heavy atom. The van der Waals surface area contributed by atoms with Crippen LogP contribution in [0, 0.1) is 13.8 Å². The molecule has 0 aliphatic carbocycles. The van der Waals surface area contributed by atoms with Crippen LogP contribution in [0.4, 0.5) is 5.69 Å². The summed E-state index contributed by atoms with van der Waals surface area (Å²) in [5.74, 6) is -0.305. The van der Waals surface area contributed by atoms with E-state index in [2.05, 4.69) is 5.32 Å². The van der Waals surface area contributed by atoms with E-state index in [-0.39, 0.29) is 11.7 Å². The van der Waals surface area contributed by atoms with Gasteiger partial charge in [0, 0.05) is 0 Å². The van der Waals surface area contributed by atoms with E-state index >= 15 is 0 Å². The highest BCUT2D eigenvalue weighted by Gasteiger charge is 2.12. The fourth-order valence-corrected chi connectivity index (χ4v) is 2.06. The third-order valence-corrected chi connectivity index (χ3v) is 3.08. The van der Waals surface area contributed by atoms with E-state index in [1.165, 1.54) is 0 Å². The molecule has 0 spiro atoms. The number of aryl methyl sites for hydroxylation is 2. The zero-order valence-electron chi connectivity index (χ0n) is 10.7. The summed E-state index contributed by atoms with van der Waals surface area (Å²) in [6.07, 6.45) is 0. The molecule has 3 nitrogen and oxygen atoms in total. The van der Waals surface area contributed by atoms with Crippen LogP contribution >= 0.6 is 11.6 Å². The Labute approximate surface area is 116 Å². The molecule has 0 saturated heterocycles. The molecule has 0 heterocycles. The van der Waals surface area contributed by atoms with Gasteiger partial charge in [-0.05, 0) is 49.2 Å². The molecule has 0 saturated carbocycles. The van der Waals surface area contributed by atoms with Gasteiger partial charge in [0.2, 0.25) is 0 Å². The monoisotopic (exact) mass is 275 g/mol. The van der Waals surface area contributed by atoms with Crippen molar-refractivity contribution >= 4 is 23.2 Å². The van der Waals surface area contributed by atoms with E-state index in [1.807, 2.05) is 26.0 Å². The lowest BCUT2D eigenvalue weighted by molar-refractivity contribution is 0.102. The molecule has 0 aliphatic heterocycles. The lowest BCUT2D eigenvalue weighted by Crippen LogP contribution is -2.12. The molecule has 0 aromatic heterocycles. The van der Waals surface area contributed by atoms with Gasteiger partial charge in [-0.1, -0.05) is 23.7 Å². The highest BCUT2D eigenvalue weighted by atomic mass is 35.5. The Morgan fingerprint density at radius 3 is 2.37 bits per heavy atom. The van der Waals surface area contributed by atoms with E-state index in [4.69, 9.17) is 11.6 Å². The van der Waals surface area contributed by atoms with Gasteiger partial charge < -0.3 is 10.4 Å². The largest absolute Gasteiger partial charge is 0.506 e. The summed E-state index contributed by atoms with van der Waals surface area (Å²) in [7, 11) is 0. The molecule has 0 aliphatic rings. The minimum absolute atomic E-state index is 0.0385. The number of carbonyl (C=O) groups excluding carboxylic acids is 1. The number of aromatic hydroxyl groups is 1. The molecule has 0 unspecified atom stereocenters. The number of carbonyl (C=O) groups is 1. The maximum absolute atomic E-state index is 12.1. The van der Waals surface area contributed by atoms with Crippen molar-refractivity contribution in [1.82, 2.24) is 0 Å². The van der Waals surface area contributed by atoms with Gasteiger partial charge in [-0.2, -0.15) is 0 Å². The van der Waals surface area contributed by atoms with Crippen LogP contribution in [0.1, 0.15) is 21.5 Å². The number of phenolic OH excluding ortho intramolecular Hbond substituents is 1. The van der Waals surface area contributed by atoms with Crippen LogP contribution < -0.4 is 5.32 Å². The maximum Gasteiger partial charge on any atom is 0.257 e. The van der Waals surface area contributed by atoms with Crippen molar-refractivity contribution < 1.29 is 9.90 Å². The summed E-state index contributed by atoms with van der Waals surface area (Å²) in [5, 5.41) is 12.8. The first-order valence-electron chi connectivity index (χ1n) is 5.84. The van der Waals surface area contributed by atoms with E-state index in [9.17, 15) is 9.90 Å². The van der Waals surface area contributed by atoms with Crippen LogP contribution in [0.2, 0.25) is 5.02 Å². The maximum atomic E-state index is 12.1. The topological polar surface area (TPSA) is 49.3 Å². The van der Waals surface area contributed by atoms with Crippen molar-refractivity contribution in [3.8, 4) is 5.75 Å². The number of halogens is 1. The summed E-state index contributed by atoms with van der Waals surface area (Å²) in [4.78, 5) is 12.1. The number of phenols is 1. The van der Waals surface area contributed by atoms with Gasteiger partial charge in [0.05, 0.1) is 16.3 Å². The minimum Gasteiger partial charge on any atom is -0.506 e. The van der Waals surface area contributed by atoms with Crippen LogP contribution in [0.3, 0.4) is 0 Å². The van der Waals surface area contributed by atoms with Gasteiger partial charge in [0.15, 0.2) is 0 Å². The third kappa shape index (κ3) is 3.06. The molecule has 0 atom stereocenters. The van der Waals surface area contributed by atoms with Crippen molar-refractivity contribution in [3.63, 3.8) is 0 Å². The van der Waals surface area contributed by atoms with Crippen LogP contribution in [0.25, 0.3) is 0 Å². The Morgan fingerprint density at radius 1 is 1.11 bits per heavy atom. The highest BCUT2D eigenvalue weighted by Crippen LogP contribution is 2.25. The molecule has 0 fully saturated rings. The number of hydrogen-bond acceptors (Lipinski definition) is 2. The Hall–Kier alpha value is -2.00. The summed E-state index contributed by atoms with van der Waals surface area (Å²) in [5.41, 5.74) is 2.66. The van der Waals surface area contributed by atoms with E-state index in [0.717, 1.165) is 11.1 Å². The zero-order chi connectivity index (χ0) is 14.0. The molecular weight excluding hydrogens is 262 g/mol. The van der Waals surface area contributed by atoms with Crippen molar-refractivity contribution in [3.05, 3.63) is 58.1 Å². The molecule has 98 valence electrons. The SMILES string of the molecule is Cc1ccc(NC(=O)c2ccc(C)cc2Cl)c(O)c1.